The number of hydrogen-bond donors (Lipinski definition) is 3. The molecule has 30 heavy (non-hydrogen) atoms. The van der Waals surface area contributed by atoms with E-state index in [1.54, 1.807) is 23.1 Å². The van der Waals surface area contributed by atoms with Gasteiger partial charge in [0.15, 0.2) is 11.9 Å². The van der Waals surface area contributed by atoms with Crippen LogP contribution in [-0.2, 0) is 4.79 Å². The molecular formula is C18H20BrClN6O4. The van der Waals surface area contributed by atoms with Gasteiger partial charge < -0.3 is 21.1 Å². The fourth-order valence-electron chi connectivity index (χ4n) is 3.18. The Kier molecular flexibility index (Phi) is 6.76. The monoisotopic (exact) mass is 498 g/mol. The molecule has 1 aromatic carbocycles. The van der Waals surface area contributed by atoms with E-state index in [4.69, 9.17) is 17.3 Å². The molecule has 12 heteroatoms. The summed E-state index contributed by atoms with van der Waals surface area (Å²) in [5, 5.41) is 16.4. The van der Waals surface area contributed by atoms with E-state index in [9.17, 15) is 19.5 Å². The van der Waals surface area contributed by atoms with E-state index in [0.29, 0.717) is 26.2 Å². The molecule has 4 N–H and O–H groups in total. The molecule has 1 saturated heterocycles. The van der Waals surface area contributed by atoms with Crippen LogP contribution in [0.15, 0.2) is 28.7 Å². The molecule has 1 aromatic heterocycles. The highest BCUT2D eigenvalue weighted by Gasteiger charge is 2.34. The minimum atomic E-state index is -1.32. The van der Waals surface area contributed by atoms with E-state index >= 15 is 0 Å². The number of hydrogen-bond acceptors (Lipinski definition) is 6. The number of anilines is 1. The standard InChI is InChI=1S/C18H20BrClN6O4/c1-24-6-8-25(9-7-24)17(14(21)27)26-15(12(19)13(23-26)18(29)30)22-16(28)10-4-2-3-5-11(10)20/h2-5,17H,6-9H2,1H3,(H2,21,27)(H,22,28)(H,29,30). The van der Waals surface area contributed by atoms with Crippen molar-refractivity contribution < 1.29 is 19.5 Å². The minimum Gasteiger partial charge on any atom is -0.476 e. The predicted octanol–water partition coefficient (Wildman–Crippen LogP) is 1.48. The summed E-state index contributed by atoms with van der Waals surface area (Å²) in [6, 6.07) is 6.41. The van der Waals surface area contributed by atoms with Gasteiger partial charge in [-0.05, 0) is 35.1 Å². The molecule has 1 aliphatic rings. The quantitative estimate of drug-likeness (QED) is 0.548. The van der Waals surface area contributed by atoms with Gasteiger partial charge in [-0.2, -0.15) is 5.10 Å². The lowest BCUT2D eigenvalue weighted by atomic mass is 10.2. The van der Waals surface area contributed by atoms with Crippen molar-refractivity contribution in [1.29, 1.82) is 0 Å². The summed E-state index contributed by atoms with van der Waals surface area (Å²) in [5.74, 6) is -2.63. The van der Waals surface area contributed by atoms with Crippen molar-refractivity contribution in [3.63, 3.8) is 0 Å². The summed E-state index contributed by atoms with van der Waals surface area (Å²) in [6.07, 6.45) is -1.08. The number of nitrogens with one attached hydrogen (secondary N) is 1. The summed E-state index contributed by atoms with van der Waals surface area (Å²) >= 11 is 9.28. The van der Waals surface area contributed by atoms with Gasteiger partial charge in [0, 0.05) is 26.2 Å². The molecule has 1 aliphatic heterocycles. The molecule has 0 bridgehead atoms. The summed E-state index contributed by atoms with van der Waals surface area (Å²) in [6.45, 7) is 2.42. The van der Waals surface area contributed by atoms with Crippen LogP contribution in [-0.4, -0.2) is 75.7 Å². The average Bonchev–Trinajstić information content (AvgIpc) is 3.00. The van der Waals surface area contributed by atoms with Gasteiger partial charge in [0.05, 0.1) is 15.1 Å². The number of carbonyl (C=O) groups excluding carboxylic acids is 2. The lowest BCUT2D eigenvalue weighted by molar-refractivity contribution is -0.127. The van der Waals surface area contributed by atoms with Crippen molar-refractivity contribution in [3.8, 4) is 0 Å². The molecule has 0 saturated carbocycles. The Hall–Kier alpha value is -2.47. The average molecular weight is 500 g/mol. The van der Waals surface area contributed by atoms with Crippen molar-refractivity contribution in [3.05, 3.63) is 45.0 Å². The summed E-state index contributed by atoms with van der Waals surface area (Å²) in [7, 11) is 1.96. The second-order valence-corrected chi connectivity index (χ2v) is 8.01. The molecule has 3 rings (SSSR count). The number of primary amides is 1. The number of benzene rings is 1. The zero-order valence-electron chi connectivity index (χ0n) is 16.0. The van der Waals surface area contributed by atoms with Crippen molar-refractivity contribution in [2.24, 2.45) is 5.73 Å². The lowest BCUT2D eigenvalue weighted by Crippen LogP contribution is -2.51. The number of carbonyl (C=O) groups is 3. The first-order valence-corrected chi connectivity index (χ1v) is 10.2. The zero-order chi connectivity index (χ0) is 22.0. The number of carboxylic acids is 1. The molecule has 2 amide bonds. The SMILES string of the molecule is CN1CCN(C(C(N)=O)n2nc(C(=O)O)c(Br)c2NC(=O)c2ccccc2Cl)CC1. The minimum absolute atomic E-state index is 0.0000442. The molecular weight excluding hydrogens is 480 g/mol. The summed E-state index contributed by atoms with van der Waals surface area (Å²) in [4.78, 5) is 40.6. The van der Waals surface area contributed by atoms with Crippen LogP contribution in [0.3, 0.4) is 0 Å². The van der Waals surface area contributed by atoms with Crippen molar-refractivity contribution in [2.75, 3.05) is 38.5 Å². The van der Waals surface area contributed by atoms with Crippen LogP contribution in [0.2, 0.25) is 5.02 Å². The van der Waals surface area contributed by atoms with Crippen molar-refractivity contribution in [1.82, 2.24) is 19.6 Å². The molecule has 1 atom stereocenters. The van der Waals surface area contributed by atoms with E-state index < -0.39 is 23.9 Å². The van der Waals surface area contributed by atoms with Gasteiger partial charge in [0.2, 0.25) is 0 Å². The van der Waals surface area contributed by atoms with Crippen molar-refractivity contribution >= 4 is 51.1 Å². The Bertz CT molecular complexity index is 989. The van der Waals surface area contributed by atoms with Crippen LogP contribution < -0.4 is 11.1 Å². The highest BCUT2D eigenvalue weighted by atomic mass is 79.9. The van der Waals surface area contributed by atoms with Gasteiger partial charge in [-0.1, -0.05) is 23.7 Å². The van der Waals surface area contributed by atoms with Crippen LogP contribution in [0, 0.1) is 0 Å². The maximum Gasteiger partial charge on any atom is 0.357 e. The van der Waals surface area contributed by atoms with Gasteiger partial charge in [-0.25, -0.2) is 9.48 Å². The Morgan fingerprint density at radius 2 is 1.87 bits per heavy atom. The Morgan fingerprint density at radius 3 is 2.43 bits per heavy atom. The number of aromatic nitrogens is 2. The Morgan fingerprint density at radius 1 is 1.23 bits per heavy atom. The van der Waals surface area contributed by atoms with Gasteiger partial charge in [0.1, 0.15) is 5.82 Å². The third kappa shape index (κ3) is 4.48. The molecule has 0 radical (unpaired) electrons. The molecule has 1 fully saturated rings. The van der Waals surface area contributed by atoms with Crippen LogP contribution in [0.4, 0.5) is 5.82 Å². The highest BCUT2D eigenvalue weighted by Crippen LogP contribution is 2.32. The van der Waals surface area contributed by atoms with E-state index in [0.717, 1.165) is 4.68 Å². The van der Waals surface area contributed by atoms with Crippen LogP contribution in [0.5, 0.6) is 0 Å². The van der Waals surface area contributed by atoms with Gasteiger partial charge >= 0.3 is 5.97 Å². The van der Waals surface area contributed by atoms with E-state index in [-0.39, 0.29) is 26.6 Å². The van der Waals surface area contributed by atoms with Crippen LogP contribution in [0.25, 0.3) is 0 Å². The van der Waals surface area contributed by atoms with Gasteiger partial charge in [0.25, 0.3) is 11.8 Å². The number of rotatable bonds is 6. The maximum absolute atomic E-state index is 12.8. The molecule has 160 valence electrons. The number of nitrogens with two attached hydrogens (primary N) is 1. The van der Waals surface area contributed by atoms with Gasteiger partial charge in [-0.15, -0.1) is 0 Å². The topological polar surface area (TPSA) is 134 Å². The highest BCUT2D eigenvalue weighted by molar-refractivity contribution is 9.10. The van der Waals surface area contributed by atoms with E-state index in [1.807, 2.05) is 7.05 Å². The van der Waals surface area contributed by atoms with Crippen LogP contribution >= 0.6 is 27.5 Å². The summed E-state index contributed by atoms with van der Waals surface area (Å²) in [5.41, 5.74) is 5.48. The number of halogens is 2. The molecule has 2 heterocycles. The first kappa shape index (κ1) is 22.2. The molecule has 2 aromatic rings. The maximum atomic E-state index is 12.8. The van der Waals surface area contributed by atoms with Crippen molar-refractivity contribution in [2.45, 2.75) is 6.17 Å². The predicted molar refractivity (Wildman–Crippen MR) is 114 cm³/mol. The third-order valence-electron chi connectivity index (χ3n) is 4.78. The summed E-state index contributed by atoms with van der Waals surface area (Å²) < 4.78 is 1.16. The lowest BCUT2D eigenvalue weighted by Gasteiger charge is -2.36. The number of piperazine rings is 1. The van der Waals surface area contributed by atoms with Crippen LogP contribution in [0.1, 0.15) is 27.0 Å². The third-order valence-corrected chi connectivity index (χ3v) is 5.86. The fourth-order valence-corrected chi connectivity index (χ4v) is 3.93. The number of likely N-dealkylation sites (N-methyl/N-ethyl adjacent to an activating group) is 1. The molecule has 1 unspecified atom stereocenters. The van der Waals surface area contributed by atoms with E-state index in [1.165, 1.54) is 6.07 Å². The van der Waals surface area contributed by atoms with Gasteiger partial charge in [-0.3, -0.25) is 14.5 Å². The van der Waals surface area contributed by atoms with E-state index in [2.05, 4.69) is 31.2 Å². The second kappa shape index (κ2) is 9.13. The largest absolute Gasteiger partial charge is 0.476 e. The first-order valence-electron chi connectivity index (χ1n) is 8.99. The normalized spacial score (nSPS) is 16.2. The fraction of sp³-hybridized carbons (Fsp3) is 0.333. The number of amides is 2. The Labute approximate surface area is 185 Å². The second-order valence-electron chi connectivity index (χ2n) is 6.81. The molecule has 0 spiro atoms. The molecule has 0 aliphatic carbocycles. The first-order chi connectivity index (χ1) is 14.2. The number of nitrogens with zero attached hydrogens (tertiary/aromatic N) is 4. The number of aromatic carboxylic acids is 1. The molecule has 10 nitrogen and oxygen atoms in total. The zero-order valence-corrected chi connectivity index (χ0v) is 18.4. The Balaban J connectivity index is 2.04. The smallest absolute Gasteiger partial charge is 0.357 e. The number of carboxylic acid groups (broad SMARTS) is 1.